The van der Waals surface area contributed by atoms with Gasteiger partial charge in [-0.15, -0.1) is 0 Å². The van der Waals surface area contributed by atoms with Crippen molar-refractivity contribution < 1.29 is 9.09 Å². The Labute approximate surface area is 66.8 Å². The Morgan fingerprint density at radius 1 is 1.36 bits per heavy atom. The normalized spacial score (nSPS) is 9.45. The molecule has 0 heterocycles. The number of rotatable bonds is 3. The van der Waals surface area contributed by atoms with E-state index < -0.39 is 0 Å². The summed E-state index contributed by atoms with van der Waals surface area (Å²) < 4.78 is 14.7. The molecule has 0 spiro atoms. The van der Waals surface area contributed by atoms with Crippen LogP contribution in [-0.4, -0.2) is 0 Å². The maximum Gasteiger partial charge on any atom is 0.395 e. The van der Waals surface area contributed by atoms with Gasteiger partial charge in [0.2, 0.25) is 0 Å². The van der Waals surface area contributed by atoms with Crippen LogP contribution in [0.3, 0.4) is 0 Å². The van der Waals surface area contributed by atoms with Crippen molar-refractivity contribution in [3.05, 3.63) is 42.5 Å². The van der Waals surface area contributed by atoms with Gasteiger partial charge in [-0.3, -0.25) is 0 Å². The first-order valence-electron chi connectivity index (χ1n) is 3.08. The third kappa shape index (κ3) is 2.17. The van der Waals surface area contributed by atoms with Crippen molar-refractivity contribution in [2.75, 3.05) is 0 Å². The minimum atomic E-state index is -0.365. The zero-order valence-corrected chi connectivity index (χ0v) is 6.75. The van der Waals surface area contributed by atoms with Crippen LogP contribution >= 0.6 is 8.69 Å². The molecule has 0 radical (unpaired) electrons. The van der Waals surface area contributed by atoms with Crippen molar-refractivity contribution >= 4 is 14.4 Å². The molecule has 0 atom stereocenters. The predicted molar refractivity (Wildman–Crippen MR) is 44.2 cm³/mol. The van der Waals surface area contributed by atoms with Crippen LogP contribution in [-0.2, 0) is 9.09 Å². The van der Waals surface area contributed by atoms with Gasteiger partial charge in [0.15, 0.2) is 0 Å². The molecule has 0 aromatic heterocycles. The number of hydrogen-bond acceptors (Lipinski definition) is 2. The smallest absolute Gasteiger partial charge is 0.395 e. The molecule has 56 valence electrons. The average Bonchev–Trinajstić information content (AvgIpc) is 2.07. The molecule has 0 saturated carbocycles. The lowest BCUT2D eigenvalue weighted by Crippen LogP contribution is -1.79. The van der Waals surface area contributed by atoms with Crippen LogP contribution in [0.5, 0.6) is 0 Å². The Morgan fingerprint density at radius 2 is 2.00 bits per heavy atom. The highest BCUT2D eigenvalue weighted by atomic mass is 31.1. The van der Waals surface area contributed by atoms with Crippen molar-refractivity contribution in [3.8, 4) is 0 Å². The lowest BCUT2D eigenvalue weighted by atomic mass is 10.2. The molecule has 0 bridgehead atoms. The summed E-state index contributed by atoms with van der Waals surface area (Å²) in [6.07, 6.45) is 0. The zero-order valence-electron chi connectivity index (χ0n) is 5.86. The molecule has 0 aliphatic heterocycles. The maximum absolute atomic E-state index is 10.0. The third-order valence-corrected chi connectivity index (χ3v) is 1.54. The summed E-state index contributed by atoms with van der Waals surface area (Å²) in [5.74, 6) is 0.419. The van der Waals surface area contributed by atoms with E-state index in [1.807, 2.05) is 30.3 Å². The lowest BCUT2D eigenvalue weighted by molar-refractivity contribution is 0.505. The summed E-state index contributed by atoms with van der Waals surface area (Å²) in [7, 11) is -0.365. The van der Waals surface area contributed by atoms with Gasteiger partial charge in [0.1, 0.15) is 5.76 Å². The van der Waals surface area contributed by atoms with Gasteiger partial charge in [-0.1, -0.05) is 36.9 Å². The molecule has 3 heteroatoms. The van der Waals surface area contributed by atoms with Crippen molar-refractivity contribution in [2.24, 2.45) is 0 Å². The molecule has 0 N–H and O–H groups in total. The van der Waals surface area contributed by atoms with E-state index in [1.54, 1.807) is 0 Å². The van der Waals surface area contributed by atoms with Gasteiger partial charge in [-0.2, -0.15) is 0 Å². The number of benzene rings is 1. The van der Waals surface area contributed by atoms with E-state index >= 15 is 0 Å². The Balaban J connectivity index is 2.77. The van der Waals surface area contributed by atoms with Gasteiger partial charge in [0, 0.05) is 5.56 Å². The molecule has 1 rings (SSSR count). The monoisotopic (exact) mass is 166 g/mol. The summed E-state index contributed by atoms with van der Waals surface area (Å²) in [6.45, 7) is 3.59. The largest absolute Gasteiger partial charge is 0.408 e. The van der Waals surface area contributed by atoms with Gasteiger partial charge < -0.3 is 4.52 Å². The lowest BCUT2D eigenvalue weighted by Gasteiger charge is -1.99. The topological polar surface area (TPSA) is 26.3 Å². The zero-order chi connectivity index (χ0) is 8.10. The first-order valence-corrected chi connectivity index (χ1v) is 3.81. The summed E-state index contributed by atoms with van der Waals surface area (Å²) in [6, 6.07) is 9.31. The second kappa shape index (κ2) is 3.89. The molecule has 0 fully saturated rings. The fraction of sp³-hybridized carbons (Fsp3) is 0. The molecule has 0 aliphatic rings. The van der Waals surface area contributed by atoms with E-state index in [0.29, 0.717) is 5.76 Å². The fourth-order valence-corrected chi connectivity index (χ4v) is 0.917. The highest BCUT2D eigenvalue weighted by Crippen LogP contribution is 2.17. The van der Waals surface area contributed by atoms with Crippen LogP contribution in [0.15, 0.2) is 36.9 Å². The molecule has 11 heavy (non-hydrogen) atoms. The molecule has 1 aromatic rings. The second-order valence-electron chi connectivity index (χ2n) is 1.96. The van der Waals surface area contributed by atoms with Crippen molar-refractivity contribution in [1.29, 1.82) is 0 Å². The molecule has 0 unspecified atom stereocenters. The molecule has 0 aliphatic carbocycles. The minimum Gasteiger partial charge on any atom is -0.408 e. The van der Waals surface area contributed by atoms with Crippen molar-refractivity contribution in [1.82, 2.24) is 0 Å². The van der Waals surface area contributed by atoms with E-state index in [2.05, 4.69) is 11.1 Å². The van der Waals surface area contributed by atoms with Crippen LogP contribution in [0.1, 0.15) is 5.56 Å². The SMILES string of the molecule is C=C(OP=O)c1ccccc1. The van der Waals surface area contributed by atoms with Gasteiger partial charge >= 0.3 is 8.69 Å². The molecule has 0 saturated heterocycles. The molecule has 0 amide bonds. The summed E-state index contributed by atoms with van der Waals surface area (Å²) in [4.78, 5) is 0. The summed E-state index contributed by atoms with van der Waals surface area (Å²) in [5.41, 5.74) is 0.843. The molecule has 1 aromatic carbocycles. The van der Waals surface area contributed by atoms with Crippen molar-refractivity contribution in [2.45, 2.75) is 0 Å². The number of hydrogen-bond donors (Lipinski definition) is 0. The van der Waals surface area contributed by atoms with Crippen LogP contribution in [0.25, 0.3) is 5.76 Å². The van der Waals surface area contributed by atoms with Crippen LogP contribution in [0.4, 0.5) is 0 Å². The Hall–Kier alpha value is -1.14. The van der Waals surface area contributed by atoms with E-state index in [-0.39, 0.29) is 8.69 Å². The highest BCUT2D eigenvalue weighted by Gasteiger charge is 1.96. The average molecular weight is 166 g/mol. The van der Waals surface area contributed by atoms with Gasteiger partial charge in [-0.05, 0) is 0 Å². The van der Waals surface area contributed by atoms with Crippen molar-refractivity contribution in [3.63, 3.8) is 0 Å². The summed E-state index contributed by atoms with van der Waals surface area (Å²) >= 11 is 0. The maximum atomic E-state index is 10.0. The Morgan fingerprint density at radius 3 is 2.55 bits per heavy atom. The fourth-order valence-electron chi connectivity index (χ4n) is 0.722. The first kappa shape index (κ1) is 7.96. The van der Waals surface area contributed by atoms with Gasteiger partial charge in [0.05, 0.1) is 0 Å². The van der Waals surface area contributed by atoms with E-state index in [1.165, 1.54) is 0 Å². The van der Waals surface area contributed by atoms with Crippen LogP contribution in [0.2, 0.25) is 0 Å². The predicted octanol–water partition coefficient (Wildman–Crippen LogP) is 2.88. The highest BCUT2D eigenvalue weighted by molar-refractivity contribution is 7.17. The van der Waals surface area contributed by atoms with Gasteiger partial charge in [0.25, 0.3) is 0 Å². The quantitative estimate of drug-likeness (QED) is 0.509. The van der Waals surface area contributed by atoms with E-state index in [4.69, 9.17) is 0 Å². The third-order valence-electron chi connectivity index (χ3n) is 1.24. The first-order chi connectivity index (χ1) is 5.34. The van der Waals surface area contributed by atoms with Crippen LogP contribution < -0.4 is 0 Å². The Kier molecular flexibility index (Phi) is 2.82. The Bertz CT molecular complexity index is 256. The molecular weight excluding hydrogens is 159 g/mol. The second-order valence-corrected chi connectivity index (χ2v) is 2.29. The standard InChI is InChI=1S/C8H7O2P/c1-7(10-11-9)8-5-3-2-4-6-8/h2-6H,1H2. The van der Waals surface area contributed by atoms with E-state index in [0.717, 1.165) is 5.56 Å². The van der Waals surface area contributed by atoms with Gasteiger partial charge in [-0.25, -0.2) is 4.57 Å². The van der Waals surface area contributed by atoms with Crippen LogP contribution in [0, 0.1) is 0 Å². The molecule has 2 nitrogen and oxygen atoms in total. The minimum absolute atomic E-state index is 0.365. The van der Waals surface area contributed by atoms with E-state index in [9.17, 15) is 4.57 Å². The molecular formula is C8H7O2P. The summed E-state index contributed by atoms with van der Waals surface area (Å²) in [5, 5.41) is 0.